The van der Waals surface area contributed by atoms with Crippen LogP contribution in [0, 0.1) is 12.7 Å². The van der Waals surface area contributed by atoms with Gasteiger partial charge in [-0.05, 0) is 30.5 Å². The van der Waals surface area contributed by atoms with Crippen molar-refractivity contribution in [2.24, 2.45) is 0 Å². The van der Waals surface area contributed by atoms with Crippen LogP contribution in [-0.2, 0) is 27.5 Å². The SMILES string of the molecule is COCc1c(C(O)C=O)cc2n(c1=O)Cc1c-2nc2cc(F)c(C)c3c2c1C(N1CCC(O)C1=O)CS3. The largest absolute Gasteiger partial charge is 0.383 e. The summed E-state index contributed by atoms with van der Waals surface area (Å²) in [5.74, 6) is -0.281. The third-order valence-electron chi connectivity index (χ3n) is 7.59. The molecule has 192 valence electrons. The Hall–Kier alpha value is -3.12. The molecule has 0 saturated carbocycles. The Morgan fingerprint density at radius 3 is 2.81 bits per heavy atom. The third kappa shape index (κ3) is 3.41. The normalized spacial score (nSPS) is 20.9. The van der Waals surface area contributed by atoms with Crippen LogP contribution in [0.5, 0.6) is 0 Å². The zero-order valence-corrected chi connectivity index (χ0v) is 21.0. The molecule has 0 spiro atoms. The number of carbonyl (C=O) groups is 2. The molecule has 37 heavy (non-hydrogen) atoms. The molecule has 1 amide bonds. The van der Waals surface area contributed by atoms with Crippen molar-refractivity contribution in [3.05, 3.63) is 56.1 Å². The predicted molar refractivity (Wildman–Crippen MR) is 133 cm³/mol. The van der Waals surface area contributed by atoms with Crippen molar-refractivity contribution >= 4 is 34.9 Å². The van der Waals surface area contributed by atoms with Gasteiger partial charge in [-0.3, -0.25) is 9.59 Å². The van der Waals surface area contributed by atoms with Crippen molar-refractivity contribution < 1.29 is 28.9 Å². The number of nitrogens with zero attached hydrogens (tertiary/aromatic N) is 3. The number of amides is 1. The lowest BCUT2D eigenvalue weighted by Gasteiger charge is -2.34. The van der Waals surface area contributed by atoms with Crippen LogP contribution in [0.1, 0.15) is 46.4 Å². The fourth-order valence-electron chi connectivity index (χ4n) is 5.78. The number of methoxy groups -OCH3 is 1. The van der Waals surface area contributed by atoms with Crippen LogP contribution in [0.3, 0.4) is 0 Å². The molecule has 1 aromatic carbocycles. The van der Waals surface area contributed by atoms with Crippen LogP contribution < -0.4 is 5.56 Å². The summed E-state index contributed by atoms with van der Waals surface area (Å²) in [4.78, 5) is 45.0. The molecule has 2 aromatic heterocycles. The summed E-state index contributed by atoms with van der Waals surface area (Å²) in [6, 6.07) is 2.53. The summed E-state index contributed by atoms with van der Waals surface area (Å²) >= 11 is 1.46. The van der Waals surface area contributed by atoms with E-state index in [9.17, 15) is 29.0 Å². The number of aromatic nitrogens is 2. The number of aliphatic hydroxyl groups is 2. The number of likely N-dealkylation sites (tertiary alicyclic amines) is 1. The van der Waals surface area contributed by atoms with Crippen molar-refractivity contribution in [1.29, 1.82) is 0 Å². The first-order valence-corrected chi connectivity index (χ1v) is 12.9. The predicted octanol–water partition coefficient (Wildman–Crippen LogP) is 1.99. The fourth-order valence-corrected chi connectivity index (χ4v) is 7.12. The molecule has 9 nitrogen and oxygen atoms in total. The Bertz CT molecular complexity index is 1570. The summed E-state index contributed by atoms with van der Waals surface area (Å²) < 4.78 is 21.6. The first-order valence-electron chi connectivity index (χ1n) is 11.9. The van der Waals surface area contributed by atoms with E-state index in [1.54, 1.807) is 17.9 Å². The lowest BCUT2D eigenvalue weighted by atomic mass is 9.92. The Kier molecular flexibility index (Phi) is 5.72. The highest BCUT2D eigenvalue weighted by atomic mass is 32.2. The molecule has 3 aliphatic heterocycles. The van der Waals surface area contributed by atoms with Gasteiger partial charge in [0.05, 0.1) is 36.1 Å². The lowest BCUT2D eigenvalue weighted by Crippen LogP contribution is -2.36. The van der Waals surface area contributed by atoms with Crippen molar-refractivity contribution in [2.45, 2.75) is 49.6 Å². The summed E-state index contributed by atoms with van der Waals surface area (Å²) in [5, 5.41) is 21.3. The quantitative estimate of drug-likeness (QED) is 0.380. The van der Waals surface area contributed by atoms with E-state index in [1.807, 2.05) is 0 Å². The minimum Gasteiger partial charge on any atom is -0.383 e. The van der Waals surface area contributed by atoms with E-state index in [2.05, 4.69) is 0 Å². The van der Waals surface area contributed by atoms with E-state index < -0.39 is 29.6 Å². The van der Waals surface area contributed by atoms with E-state index in [1.165, 1.54) is 29.5 Å². The molecule has 3 aromatic rings. The molecule has 6 rings (SSSR count). The molecule has 0 bridgehead atoms. The standard InChI is InChI=1S/C26H24FN3O6S/c1-11-15(27)6-16-22-21(18(10-37-24(11)22)29-4-3-19(32)26(29)35)13-7-30-17(23(13)28-16)5-12(20(33)8-31)14(9-36-2)25(30)34/h5-6,8,18-20,32-33H,3-4,7,9-10H2,1-2H3. The first-order chi connectivity index (χ1) is 17.8. The number of aliphatic hydroxyl groups excluding tert-OH is 2. The molecule has 0 radical (unpaired) electrons. The summed E-state index contributed by atoms with van der Waals surface area (Å²) in [6.07, 6.45) is -1.90. The second-order valence-corrected chi connectivity index (χ2v) is 10.6. The van der Waals surface area contributed by atoms with E-state index >= 15 is 0 Å². The van der Waals surface area contributed by atoms with Crippen LogP contribution >= 0.6 is 11.8 Å². The van der Waals surface area contributed by atoms with E-state index in [0.29, 0.717) is 47.5 Å². The molecule has 11 heteroatoms. The number of hydrogen-bond donors (Lipinski definition) is 2. The van der Waals surface area contributed by atoms with Crippen LogP contribution in [-0.4, -0.2) is 62.4 Å². The maximum Gasteiger partial charge on any atom is 0.257 e. The Labute approximate surface area is 214 Å². The van der Waals surface area contributed by atoms with Gasteiger partial charge in [0.1, 0.15) is 18.0 Å². The molecular weight excluding hydrogens is 501 g/mol. The second kappa shape index (κ2) is 8.73. The van der Waals surface area contributed by atoms with Crippen molar-refractivity contribution in [3.8, 4) is 11.4 Å². The third-order valence-corrected chi connectivity index (χ3v) is 8.88. The molecule has 3 atom stereocenters. The maximum atomic E-state index is 14.9. The van der Waals surface area contributed by atoms with Crippen LogP contribution in [0.25, 0.3) is 22.3 Å². The average molecular weight is 526 g/mol. The second-order valence-electron chi connectivity index (χ2n) is 9.59. The number of rotatable bonds is 5. The highest BCUT2D eigenvalue weighted by Gasteiger charge is 2.41. The summed E-state index contributed by atoms with van der Waals surface area (Å²) in [5.41, 5.74) is 3.17. The van der Waals surface area contributed by atoms with Crippen LogP contribution in [0.15, 0.2) is 21.8 Å². The highest BCUT2D eigenvalue weighted by molar-refractivity contribution is 7.99. The van der Waals surface area contributed by atoms with Gasteiger partial charge in [0, 0.05) is 52.4 Å². The molecule has 0 aliphatic carbocycles. The molecule has 3 unspecified atom stereocenters. The topological polar surface area (TPSA) is 122 Å². The zero-order chi connectivity index (χ0) is 26.2. The molecule has 5 heterocycles. The Morgan fingerprint density at radius 2 is 2.14 bits per heavy atom. The van der Waals surface area contributed by atoms with Gasteiger partial charge < -0.3 is 29.2 Å². The fraction of sp³-hybridized carbons (Fsp3) is 0.385. The zero-order valence-electron chi connectivity index (χ0n) is 20.2. The number of aldehydes is 1. The average Bonchev–Trinajstić information content (AvgIpc) is 3.43. The van der Waals surface area contributed by atoms with Gasteiger partial charge >= 0.3 is 0 Å². The maximum absolute atomic E-state index is 14.9. The number of hydrogen-bond acceptors (Lipinski definition) is 8. The minimum atomic E-state index is -1.52. The van der Waals surface area contributed by atoms with Gasteiger partial charge in [0.15, 0.2) is 6.29 Å². The summed E-state index contributed by atoms with van der Waals surface area (Å²) in [7, 11) is 1.42. The lowest BCUT2D eigenvalue weighted by molar-refractivity contribution is -0.136. The van der Waals surface area contributed by atoms with Gasteiger partial charge in [0.2, 0.25) is 0 Å². The number of halogens is 1. The van der Waals surface area contributed by atoms with E-state index in [0.717, 1.165) is 21.4 Å². The Balaban J connectivity index is 1.66. The molecule has 3 aliphatic rings. The number of benzene rings is 1. The molecular formula is C26H24FN3O6S. The van der Waals surface area contributed by atoms with Gasteiger partial charge in [-0.25, -0.2) is 9.37 Å². The van der Waals surface area contributed by atoms with Crippen molar-refractivity contribution in [1.82, 2.24) is 14.5 Å². The smallest absolute Gasteiger partial charge is 0.257 e. The first kappa shape index (κ1) is 24.2. The molecule has 2 N–H and O–H groups in total. The van der Waals surface area contributed by atoms with Gasteiger partial charge in [-0.1, -0.05) is 0 Å². The van der Waals surface area contributed by atoms with Crippen molar-refractivity contribution in [3.63, 3.8) is 0 Å². The van der Waals surface area contributed by atoms with Gasteiger partial charge in [0.25, 0.3) is 11.5 Å². The highest BCUT2D eigenvalue weighted by Crippen LogP contribution is 2.50. The summed E-state index contributed by atoms with van der Waals surface area (Å²) in [6.45, 7) is 2.17. The monoisotopic (exact) mass is 525 g/mol. The minimum absolute atomic E-state index is 0.0913. The molecule has 1 fully saturated rings. The van der Waals surface area contributed by atoms with E-state index in [-0.39, 0.29) is 30.2 Å². The Morgan fingerprint density at radius 1 is 1.35 bits per heavy atom. The van der Waals surface area contributed by atoms with Crippen LogP contribution in [0.4, 0.5) is 4.39 Å². The number of carbonyl (C=O) groups excluding carboxylic acids is 2. The van der Waals surface area contributed by atoms with E-state index in [4.69, 9.17) is 9.72 Å². The number of ether oxygens (including phenoxy) is 1. The van der Waals surface area contributed by atoms with Gasteiger partial charge in [-0.2, -0.15) is 0 Å². The number of fused-ring (bicyclic) bond motifs is 4. The number of pyridine rings is 2. The van der Waals surface area contributed by atoms with Crippen LogP contribution in [0.2, 0.25) is 0 Å². The number of thioether (sulfide) groups is 1. The molecule has 1 saturated heterocycles. The van der Waals surface area contributed by atoms with Crippen molar-refractivity contribution in [2.75, 3.05) is 19.4 Å². The van der Waals surface area contributed by atoms with Gasteiger partial charge in [-0.15, -0.1) is 11.8 Å².